The Hall–Kier alpha value is 0.867. The quantitative estimate of drug-likeness (QED) is 0.0536. The van der Waals surface area contributed by atoms with E-state index in [-0.39, 0.29) is 5.97 Å². The van der Waals surface area contributed by atoms with Crippen LogP contribution >= 0.6 is 45.9 Å². The van der Waals surface area contributed by atoms with Crippen LogP contribution in [0.5, 0.6) is 0 Å². The molecule has 0 aromatic carbocycles. The molecule has 0 aliphatic rings. The number of rotatable bonds is 18. The van der Waals surface area contributed by atoms with Gasteiger partial charge in [0.2, 0.25) is 0 Å². The van der Waals surface area contributed by atoms with E-state index in [0.717, 1.165) is 12.8 Å². The Kier molecular flexibility index (Phi) is 18.5. The third-order valence-electron chi connectivity index (χ3n) is 4.44. The van der Waals surface area contributed by atoms with E-state index in [1.165, 1.54) is 83.1 Å². The molecule has 6 heteroatoms. The van der Waals surface area contributed by atoms with Crippen molar-refractivity contribution >= 4 is 55.8 Å². The van der Waals surface area contributed by atoms with Crippen LogP contribution in [0.1, 0.15) is 96.8 Å². The van der Waals surface area contributed by atoms with Gasteiger partial charge in [-0.25, -0.2) is 4.79 Å². The van der Waals surface area contributed by atoms with Gasteiger partial charge in [0.1, 0.15) is 0 Å². The minimum atomic E-state index is -1.36. The second-order valence-electron chi connectivity index (χ2n) is 7.23. The number of carbonyl (C=O) groups excluding carboxylic acids is 1. The molecule has 0 radical (unpaired) electrons. The zero-order chi connectivity index (χ0) is 19.7. The summed E-state index contributed by atoms with van der Waals surface area (Å²) < 4.78 is 3.73. The smallest absolute Gasteiger partial charge is 0.333 e. The van der Waals surface area contributed by atoms with Crippen LogP contribution < -0.4 is 0 Å². The van der Waals surface area contributed by atoms with Crippen molar-refractivity contribution < 1.29 is 9.53 Å². The highest BCUT2D eigenvalue weighted by molar-refractivity contribution is 9.72. The van der Waals surface area contributed by atoms with Crippen molar-refractivity contribution in [3.63, 3.8) is 0 Å². The van der Waals surface area contributed by atoms with Gasteiger partial charge in [0.05, 0.1) is 6.61 Å². The lowest BCUT2D eigenvalue weighted by Crippen LogP contribution is -2.05. The standard InChI is InChI=1S/C20H37Br3O2Si/c1-19(2)20(24)25-17-15-13-11-9-7-5-3-4-6-8-10-12-14-16-18-26(21,22)23/h1,3-18H2,2H3. The first kappa shape index (κ1) is 26.9. The van der Waals surface area contributed by atoms with Gasteiger partial charge < -0.3 is 4.74 Å². The number of esters is 1. The third-order valence-corrected chi connectivity index (χ3v) is 8.93. The Morgan fingerprint density at radius 3 is 1.42 bits per heavy atom. The van der Waals surface area contributed by atoms with Gasteiger partial charge in [0, 0.05) is 5.57 Å². The van der Waals surface area contributed by atoms with Gasteiger partial charge in [-0.15, -0.1) is 0 Å². The number of unbranched alkanes of at least 4 members (excludes halogenated alkanes) is 13. The molecule has 0 unspecified atom stereocenters. The summed E-state index contributed by atoms with van der Waals surface area (Å²) in [6, 6.07) is 1.26. The Bertz CT molecular complexity index is 371. The zero-order valence-electron chi connectivity index (χ0n) is 16.5. The van der Waals surface area contributed by atoms with Crippen molar-refractivity contribution in [2.45, 2.75) is 103 Å². The third kappa shape index (κ3) is 21.2. The van der Waals surface area contributed by atoms with Crippen LogP contribution in [0.15, 0.2) is 12.2 Å². The summed E-state index contributed by atoms with van der Waals surface area (Å²) in [6.07, 6.45) is 18.5. The van der Waals surface area contributed by atoms with E-state index in [4.69, 9.17) is 4.74 Å². The molecule has 0 N–H and O–H groups in total. The van der Waals surface area contributed by atoms with Gasteiger partial charge in [-0.05, 0) is 19.4 Å². The number of hydrogen-bond acceptors (Lipinski definition) is 2. The number of hydrogen-bond donors (Lipinski definition) is 0. The molecule has 0 aromatic heterocycles. The Balaban J connectivity index is 3.11. The highest BCUT2D eigenvalue weighted by Crippen LogP contribution is 2.33. The van der Waals surface area contributed by atoms with Gasteiger partial charge in [0.25, 0.3) is 3.93 Å². The summed E-state index contributed by atoms with van der Waals surface area (Å²) >= 11 is 11.1. The van der Waals surface area contributed by atoms with Crippen molar-refractivity contribution in [2.75, 3.05) is 6.61 Å². The lowest BCUT2D eigenvalue weighted by molar-refractivity contribution is -0.139. The van der Waals surface area contributed by atoms with Gasteiger partial charge in [-0.2, -0.15) is 0 Å². The van der Waals surface area contributed by atoms with Crippen molar-refractivity contribution in [2.24, 2.45) is 0 Å². The first-order valence-corrected chi connectivity index (χ1v) is 19.2. The maximum Gasteiger partial charge on any atom is 0.333 e. The minimum absolute atomic E-state index is 0.259. The molecular formula is C20H37Br3O2Si. The summed E-state index contributed by atoms with van der Waals surface area (Å²) in [5.74, 6) is -0.259. The number of carbonyl (C=O) groups is 1. The molecule has 0 aliphatic carbocycles. The summed E-state index contributed by atoms with van der Waals surface area (Å²) in [5, 5.41) is 0. The van der Waals surface area contributed by atoms with Crippen LogP contribution in [-0.4, -0.2) is 16.5 Å². The maximum atomic E-state index is 11.2. The van der Waals surface area contributed by atoms with Crippen LogP contribution in [0.25, 0.3) is 0 Å². The van der Waals surface area contributed by atoms with Crippen LogP contribution in [0.4, 0.5) is 0 Å². The molecule has 0 aliphatic heterocycles. The normalized spacial score (nSPS) is 11.5. The molecule has 0 amide bonds. The molecule has 26 heavy (non-hydrogen) atoms. The van der Waals surface area contributed by atoms with Crippen molar-refractivity contribution in [1.29, 1.82) is 0 Å². The average molecular weight is 577 g/mol. The molecule has 0 rings (SSSR count). The van der Waals surface area contributed by atoms with Gasteiger partial charge in [-0.3, -0.25) is 0 Å². The summed E-state index contributed by atoms with van der Waals surface area (Å²) in [5.41, 5.74) is 0.488. The predicted molar refractivity (Wildman–Crippen MR) is 128 cm³/mol. The summed E-state index contributed by atoms with van der Waals surface area (Å²) in [7, 11) is 0. The maximum absolute atomic E-state index is 11.2. The molecule has 0 fully saturated rings. The van der Waals surface area contributed by atoms with Crippen LogP contribution in [-0.2, 0) is 9.53 Å². The van der Waals surface area contributed by atoms with Gasteiger partial charge in [0.15, 0.2) is 0 Å². The zero-order valence-corrected chi connectivity index (χ0v) is 22.2. The largest absolute Gasteiger partial charge is 0.462 e. The van der Waals surface area contributed by atoms with E-state index in [2.05, 4.69) is 52.5 Å². The second-order valence-corrected chi connectivity index (χ2v) is 30.7. The van der Waals surface area contributed by atoms with Gasteiger partial charge >= 0.3 is 5.97 Å². The van der Waals surface area contributed by atoms with Gasteiger partial charge in [-0.1, -0.05) is 136 Å². The Morgan fingerprint density at radius 1 is 0.731 bits per heavy atom. The summed E-state index contributed by atoms with van der Waals surface area (Å²) in [6.45, 7) is 5.80. The van der Waals surface area contributed by atoms with Crippen LogP contribution in [0.3, 0.4) is 0 Å². The fourth-order valence-electron chi connectivity index (χ4n) is 2.84. The summed E-state index contributed by atoms with van der Waals surface area (Å²) in [4.78, 5) is 11.2. The fourth-order valence-corrected chi connectivity index (χ4v) is 6.01. The fraction of sp³-hybridized carbons (Fsp3) is 0.850. The highest BCUT2D eigenvalue weighted by Gasteiger charge is 2.20. The SMILES string of the molecule is C=C(C)C(=O)OCCCCCCCCCCCCCCCC[Si](Br)(Br)Br. The molecule has 0 heterocycles. The average Bonchev–Trinajstić information content (AvgIpc) is 2.56. The van der Waals surface area contributed by atoms with Crippen molar-refractivity contribution in [3.05, 3.63) is 12.2 Å². The van der Waals surface area contributed by atoms with Crippen molar-refractivity contribution in [1.82, 2.24) is 0 Å². The number of halogens is 3. The Morgan fingerprint density at radius 2 is 1.08 bits per heavy atom. The monoisotopic (exact) mass is 574 g/mol. The molecule has 0 aromatic rings. The highest BCUT2D eigenvalue weighted by atomic mass is 80.0. The van der Waals surface area contributed by atoms with E-state index >= 15 is 0 Å². The first-order chi connectivity index (χ1) is 12.3. The molecule has 2 nitrogen and oxygen atoms in total. The van der Waals surface area contributed by atoms with Crippen LogP contribution in [0.2, 0.25) is 6.04 Å². The molecule has 154 valence electrons. The van der Waals surface area contributed by atoms with E-state index in [0.29, 0.717) is 12.2 Å². The van der Waals surface area contributed by atoms with E-state index < -0.39 is 3.93 Å². The minimum Gasteiger partial charge on any atom is -0.462 e. The van der Waals surface area contributed by atoms with Crippen LogP contribution in [0, 0.1) is 0 Å². The molecule has 0 saturated carbocycles. The molecule has 0 bridgehead atoms. The van der Waals surface area contributed by atoms with E-state index in [1.807, 2.05) is 0 Å². The predicted octanol–water partition coefficient (Wildman–Crippen LogP) is 8.69. The second kappa shape index (κ2) is 17.9. The lowest BCUT2D eigenvalue weighted by atomic mass is 10.0. The van der Waals surface area contributed by atoms with E-state index in [9.17, 15) is 4.79 Å². The molecular weight excluding hydrogens is 540 g/mol. The number of ether oxygens (including phenoxy) is 1. The topological polar surface area (TPSA) is 26.3 Å². The van der Waals surface area contributed by atoms with E-state index in [1.54, 1.807) is 6.92 Å². The lowest BCUT2D eigenvalue weighted by Gasteiger charge is -2.08. The van der Waals surface area contributed by atoms with Crippen molar-refractivity contribution in [3.8, 4) is 0 Å². The molecule has 0 saturated heterocycles. The first-order valence-electron chi connectivity index (χ1n) is 10.2. The Labute approximate surface area is 186 Å². The molecule has 0 atom stereocenters. The molecule has 0 spiro atoms.